The van der Waals surface area contributed by atoms with Gasteiger partial charge < -0.3 is 30.3 Å². The minimum Gasteiger partial charge on any atom is -0.506 e. The third-order valence-corrected chi connectivity index (χ3v) is 4.41. The number of ether oxygens (including phenoxy) is 1. The van der Waals surface area contributed by atoms with E-state index >= 15 is 0 Å². The minimum atomic E-state index is -0.959. The van der Waals surface area contributed by atoms with Crippen molar-refractivity contribution in [3.05, 3.63) is 39.9 Å². The second-order valence-corrected chi connectivity index (χ2v) is 5.89. The van der Waals surface area contributed by atoms with Gasteiger partial charge in [0.15, 0.2) is 11.5 Å². The fourth-order valence-electron chi connectivity index (χ4n) is 2.49. The number of benzene rings is 2. The topological polar surface area (TPSA) is 110 Å². The van der Waals surface area contributed by atoms with Gasteiger partial charge in [0.25, 0.3) is 0 Å². The summed E-state index contributed by atoms with van der Waals surface area (Å²) in [4.78, 5) is 0. The Morgan fingerprint density at radius 3 is 2.41 bits per heavy atom. The molecule has 0 spiro atoms. The maximum absolute atomic E-state index is 10.3. The minimum absolute atomic E-state index is 0.117. The Hall–Kier alpha value is -2.12. The number of aliphatic hydroxyl groups is 1. The van der Waals surface area contributed by atoms with Crippen molar-refractivity contribution in [2.24, 2.45) is 0 Å². The van der Waals surface area contributed by atoms with Crippen LogP contribution in [-0.4, -0.2) is 31.6 Å². The monoisotopic (exact) mass is 368 g/mol. The van der Waals surface area contributed by atoms with Gasteiger partial charge in [0.2, 0.25) is 0 Å². The summed E-state index contributed by atoms with van der Waals surface area (Å²) in [6, 6.07) is 5.46. The summed E-state index contributed by atoms with van der Waals surface area (Å²) in [5.41, 5.74) is 0.853. The molecule has 0 aromatic heterocycles. The van der Waals surface area contributed by atoms with Crippen LogP contribution >= 0.6 is 15.9 Å². The summed E-state index contributed by atoms with van der Waals surface area (Å²) in [6.07, 6.45) is -1.63. The van der Waals surface area contributed by atoms with Crippen LogP contribution in [0.25, 0.3) is 0 Å². The molecule has 0 fully saturated rings. The van der Waals surface area contributed by atoms with Gasteiger partial charge in [0.1, 0.15) is 27.8 Å². The van der Waals surface area contributed by atoms with Gasteiger partial charge in [-0.3, -0.25) is 0 Å². The molecule has 1 aliphatic rings. The van der Waals surface area contributed by atoms with Crippen molar-refractivity contribution in [2.75, 3.05) is 0 Å². The number of aromatic hydroxyl groups is 4. The van der Waals surface area contributed by atoms with Gasteiger partial charge in [0, 0.05) is 18.1 Å². The quantitative estimate of drug-likeness (QED) is 0.494. The molecule has 0 saturated heterocycles. The van der Waals surface area contributed by atoms with E-state index in [-0.39, 0.29) is 39.6 Å². The number of hydrogen-bond acceptors (Lipinski definition) is 6. The van der Waals surface area contributed by atoms with Gasteiger partial charge in [0.05, 0.1) is 6.10 Å². The molecule has 22 heavy (non-hydrogen) atoms. The number of aliphatic hydroxyl groups excluding tert-OH is 1. The second kappa shape index (κ2) is 5.26. The van der Waals surface area contributed by atoms with Crippen molar-refractivity contribution >= 4 is 15.9 Å². The summed E-state index contributed by atoms with van der Waals surface area (Å²) in [6.45, 7) is 0. The molecule has 3 rings (SSSR count). The molecule has 1 aliphatic heterocycles. The molecule has 0 amide bonds. The van der Waals surface area contributed by atoms with Crippen molar-refractivity contribution in [2.45, 2.75) is 18.6 Å². The highest BCUT2D eigenvalue weighted by molar-refractivity contribution is 9.10. The molecule has 7 heteroatoms. The average Bonchev–Trinajstić information content (AvgIpc) is 2.48. The van der Waals surface area contributed by atoms with Gasteiger partial charge in [-0.1, -0.05) is 6.07 Å². The van der Waals surface area contributed by atoms with E-state index in [1.54, 1.807) is 0 Å². The van der Waals surface area contributed by atoms with Crippen LogP contribution in [0.5, 0.6) is 28.7 Å². The molecule has 2 aromatic carbocycles. The van der Waals surface area contributed by atoms with Crippen molar-refractivity contribution < 1.29 is 30.3 Å². The van der Waals surface area contributed by atoms with Crippen molar-refractivity contribution in [1.29, 1.82) is 0 Å². The molecule has 6 nitrogen and oxygen atoms in total. The number of fused-ring (bicyclic) bond motifs is 1. The Morgan fingerprint density at radius 2 is 1.73 bits per heavy atom. The zero-order valence-corrected chi connectivity index (χ0v) is 12.8. The SMILES string of the molecule is Oc1ccc([C@H]2Oc3cc(O)c(Br)c(O)c3C[C@H]2O)cc1O. The molecule has 0 bridgehead atoms. The van der Waals surface area contributed by atoms with Gasteiger partial charge in [-0.2, -0.15) is 0 Å². The van der Waals surface area contributed by atoms with E-state index in [0.717, 1.165) is 0 Å². The Bertz CT molecular complexity index is 745. The molecule has 0 saturated carbocycles. The van der Waals surface area contributed by atoms with Crippen molar-refractivity contribution in [3.63, 3.8) is 0 Å². The lowest BCUT2D eigenvalue weighted by atomic mass is 9.94. The predicted octanol–water partition coefficient (Wildman–Crippen LogP) is 2.31. The van der Waals surface area contributed by atoms with Gasteiger partial charge in [-0.15, -0.1) is 0 Å². The zero-order chi connectivity index (χ0) is 16.0. The van der Waals surface area contributed by atoms with E-state index in [0.29, 0.717) is 11.1 Å². The second-order valence-electron chi connectivity index (χ2n) is 5.09. The first kappa shape index (κ1) is 14.8. The number of halogens is 1. The first-order valence-electron chi connectivity index (χ1n) is 6.48. The number of hydrogen-bond donors (Lipinski definition) is 5. The van der Waals surface area contributed by atoms with Crippen LogP contribution in [0.2, 0.25) is 0 Å². The molecule has 0 aliphatic carbocycles. The first-order valence-corrected chi connectivity index (χ1v) is 7.27. The van der Waals surface area contributed by atoms with Crippen LogP contribution in [0, 0.1) is 0 Å². The van der Waals surface area contributed by atoms with Crippen molar-refractivity contribution in [1.82, 2.24) is 0 Å². The molecule has 0 unspecified atom stereocenters. The number of phenols is 4. The molecule has 116 valence electrons. The fourth-order valence-corrected chi connectivity index (χ4v) is 2.84. The number of rotatable bonds is 1. The van der Waals surface area contributed by atoms with Gasteiger partial charge >= 0.3 is 0 Å². The highest BCUT2D eigenvalue weighted by atomic mass is 79.9. The molecule has 2 aromatic rings. The third kappa shape index (κ3) is 2.32. The van der Waals surface area contributed by atoms with Gasteiger partial charge in [-0.05, 0) is 33.6 Å². The van der Waals surface area contributed by atoms with E-state index in [1.807, 2.05) is 0 Å². The number of phenolic OH excluding ortho intramolecular Hbond substituents is 4. The van der Waals surface area contributed by atoms with E-state index in [1.165, 1.54) is 24.3 Å². The highest BCUT2D eigenvalue weighted by Gasteiger charge is 2.33. The Kier molecular flexibility index (Phi) is 3.54. The summed E-state index contributed by atoms with van der Waals surface area (Å²) in [7, 11) is 0. The van der Waals surface area contributed by atoms with E-state index in [4.69, 9.17) is 4.74 Å². The lowest BCUT2D eigenvalue weighted by molar-refractivity contribution is 0.0196. The van der Waals surface area contributed by atoms with Crippen molar-refractivity contribution in [3.8, 4) is 28.7 Å². The molecular weight excluding hydrogens is 356 g/mol. The standard InChI is InChI=1S/C15H13BrO6/c16-13-10(19)5-12-7(14(13)21)4-11(20)15(22-12)6-1-2-8(17)9(18)3-6/h1-3,5,11,15,17-21H,4H2/t11-,15-/m1/s1. The van der Waals surface area contributed by atoms with E-state index in [2.05, 4.69) is 15.9 Å². The summed E-state index contributed by atoms with van der Waals surface area (Å²) in [5.74, 6) is -0.698. The van der Waals surface area contributed by atoms with E-state index < -0.39 is 12.2 Å². The Balaban J connectivity index is 2.02. The molecule has 5 N–H and O–H groups in total. The molecule has 2 atom stereocenters. The molecular formula is C15H13BrO6. The summed E-state index contributed by atoms with van der Waals surface area (Å²) < 4.78 is 5.80. The molecule has 0 radical (unpaired) electrons. The lowest BCUT2D eigenvalue weighted by Gasteiger charge is -2.31. The van der Waals surface area contributed by atoms with Crippen LogP contribution in [0.15, 0.2) is 28.7 Å². The van der Waals surface area contributed by atoms with Gasteiger partial charge in [-0.25, -0.2) is 0 Å². The maximum atomic E-state index is 10.3. The van der Waals surface area contributed by atoms with Crippen LogP contribution in [-0.2, 0) is 6.42 Å². The maximum Gasteiger partial charge on any atom is 0.157 e. The van der Waals surface area contributed by atoms with E-state index in [9.17, 15) is 25.5 Å². The average molecular weight is 369 g/mol. The van der Waals surface area contributed by atoms with Crippen LogP contribution < -0.4 is 4.74 Å². The largest absolute Gasteiger partial charge is 0.506 e. The lowest BCUT2D eigenvalue weighted by Crippen LogP contribution is -2.30. The first-order chi connectivity index (χ1) is 10.4. The van der Waals surface area contributed by atoms with Crippen LogP contribution in [0.3, 0.4) is 0 Å². The van der Waals surface area contributed by atoms with Crippen LogP contribution in [0.4, 0.5) is 0 Å². The normalized spacial score (nSPS) is 20.3. The fraction of sp³-hybridized carbons (Fsp3) is 0.200. The third-order valence-electron chi connectivity index (χ3n) is 3.63. The summed E-state index contributed by atoms with van der Waals surface area (Å²) >= 11 is 3.06. The zero-order valence-electron chi connectivity index (χ0n) is 11.2. The Morgan fingerprint density at radius 1 is 1.00 bits per heavy atom. The smallest absolute Gasteiger partial charge is 0.157 e. The Labute approximate surface area is 134 Å². The summed E-state index contributed by atoms with van der Waals surface area (Å²) in [5, 5.41) is 48.9. The predicted molar refractivity (Wildman–Crippen MR) is 80.3 cm³/mol. The molecule has 1 heterocycles. The van der Waals surface area contributed by atoms with Crippen LogP contribution in [0.1, 0.15) is 17.2 Å². The highest BCUT2D eigenvalue weighted by Crippen LogP contribution is 2.47.